The predicted molar refractivity (Wildman–Crippen MR) is 112 cm³/mol. The van der Waals surface area contributed by atoms with Crippen molar-refractivity contribution in [2.75, 3.05) is 0 Å². The van der Waals surface area contributed by atoms with Crippen LogP contribution in [0.3, 0.4) is 0 Å². The average Bonchev–Trinajstić information content (AvgIpc) is 2.72. The van der Waals surface area contributed by atoms with Crippen LogP contribution in [0, 0.1) is 0 Å². The third kappa shape index (κ3) is 4.21. The molecule has 0 heteroatoms. The Hall–Kier alpha value is -2.86. The second-order valence-corrected chi connectivity index (χ2v) is 6.98. The van der Waals surface area contributed by atoms with E-state index in [1.165, 1.54) is 33.0 Å². The van der Waals surface area contributed by atoms with Crippen molar-refractivity contribution in [1.29, 1.82) is 0 Å². The summed E-state index contributed by atoms with van der Waals surface area (Å²) in [5, 5.41) is 2.65. The standard InChI is InChI=1S/C26H24/c1-2-6-21(7-3-1)10-11-22-12-14-23(15-13-22)16-17-24-18-19-25-8-4-5-9-26(25)20-24/h1-9,12-15,18-20H,10-11,16-17H2. The molecule has 4 rings (SSSR count). The normalized spacial score (nSPS) is 10.9. The summed E-state index contributed by atoms with van der Waals surface area (Å²) in [6.45, 7) is 0. The first kappa shape index (κ1) is 16.6. The Morgan fingerprint density at radius 1 is 0.346 bits per heavy atom. The number of benzene rings is 4. The van der Waals surface area contributed by atoms with Crippen molar-refractivity contribution < 1.29 is 0 Å². The first-order chi connectivity index (χ1) is 12.9. The van der Waals surface area contributed by atoms with Crippen LogP contribution in [0.4, 0.5) is 0 Å². The monoisotopic (exact) mass is 336 g/mol. The zero-order valence-electron chi connectivity index (χ0n) is 15.1. The Morgan fingerprint density at radius 2 is 0.808 bits per heavy atom. The Balaban J connectivity index is 1.34. The highest BCUT2D eigenvalue weighted by atomic mass is 14.1. The highest BCUT2D eigenvalue weighted by Crippen LogP contribution is 2.17. The molecule has 0 saturated heterocycles. The number of hydrogen-bond donors (Lipinski definition) is 0. The van der Waals surface area contributed by atoms with E-state index in [4.69, 9.17) is 0 Å². The molecule has 26 heavy (non-hydrogen) atoms. The SMILES string of the molecule is c1ccc(CCc2ccc(CCc3ccc4ccccc4c3)cc2)cc1. The lowest BCUT2D eigenvalue weighted by Gasteiger charge is -2.06. The van der Waals surface area contributed by atoms with Gasteiger partial charge in [0.2, 0.25) is 0 Å². The van der Waals surface area contributed by atoms with Crippen LogP contribution in [0.1, 0.15) is 22.3 Å². The lowest BCUT2D eigenvalue weighted by molar-refractivity contribution is 0.941. The second-order valence-electron chi connectivity index (χ2n) is 6.98. The van der Waals surface area contributed by atoms with Crippen molar-refractivity contribution in [2.45, 2.75) is 25.7 Å². The molecule has 4 aromatic rings. The molecule has 0 atom stereocenters. The Bertz CT molecular complexity index is 965. The van der Waals surface area contributed by atoms with Crippen LogP contribution in [0.2, 0.25) is 0 Å². The first-order valence-corrected chi connectivity index (χ1v) is 9.46. The van der Waals surface area contributed by atoms with E-state index in [-0.39, 0.29) is 0 Å². The first-order valence-electron chi connectivity index (χ1n) is 9.46. The van der Waals surface area contributed by atoms with Gasteiger partial charge in [0.25, 0.3) is 0 Å². The van der Waals surface area contributed by atoms with E-state index in [1.807, 2.05) is 0 Å². The van der Waals surface area contributed by atoms with E-state index < -0.39 is 0 Å². The molecule has 0 aliphatic heterocycles. The van der Waals surface area contributed by atoms with E-state index in [2.05, 4.69) is 97.1 Å². The molecule has 0 bridgehead atoms. The number of aryl methyl sites for hydroxylation is 4. The van der Waals surface area contributed by atoms with Crippen LogP contribution in [-0.4, -0.2) is 0 Å². The van der Waals surface area contributed by atoms with Gasteiger partial charge in [-0.2, -0.15) is 0 Å². The molecule has 0 saturated carbocycles. The van der Waals surface area contributed by atoms with Crippen molar-refractivity contribution in [3.05, 3.63) is 119 Å². The minimum Gasteiger partial charge on any atom is -0.0622 e. The van der Waals surface area contributed by atoms with Gasteiger partial charge in [-0.05, 0) is 58.7 Å². The Kier molecular flexibility index (Phi) is 5.12. The maximum atomic E-state index is 2.32. The van der Waals surface area contributed by atoms with E-state index in [0.29, 0.717) is 0 Å². The highest BCUT2D eigenvalue weighted by Gasteiger charge is 2.00. The molecule has 4 aromatic carbocycles. The molecule has 0 aliphatic rings. The zero-order valence-corrected chi connectivity index (χ0v) is 15.1. The van der Waals surface area contributed by atoms with Crippen molar-refractivity contribution in [1.82, 2.24) is 0 Å². The topological polar surface area (TPSA) is 0 Å². The molecular weight excluding hydrogens is 312 g/mol. The fourth-order valence-corrected chi connectivity index (χ4v) is 3.49. The summed E-state index contributed by atoms with van der Waals surface area (Å²) < 4.78 is 0. The molecule has 0 N–H and O–H groups in total. The van der Waals surface area contributed by atoms with Gasteiger partial charge >= 0.3 is 0 Å². The lowest BCUT2D eigenvalue weighted by Crippen LogP contribution is -1.94. The van der Waals surface area contributed by atoms with E-state index in [0.717, 1.165) is 25.7 Å². The van der Waals surface area contributed by atoms with Gasteiger partial charge in [0.05, 0.1) is 0 Å². The summed E-state index contributed by atoms with van der Waals surface area (Å²) in [6.07, 6.45) is 4.40. The fourth-order valence-electron chi connectivity index (χ4n) is 3.49. The van der Waals surface area contributed by atoms with Gasteiger partial charge in [0, 0.05) is 0 Å². The van der Waals surface area contributed by atoms with Crippen LogP contribution < -0.4 is 0 Å². The van der Waals surface area contributed by atoms with Gasteiger partial charge in [0.15, 0.2) is 0 Å². The van der Waals surface area contributed by atoms with E-state index >= 15 is 0 Å². The quantitative estimate of drug-likeness (QED) is 0.381. The zero-order chi connectivity index (χ0) is 17.6. The number of rotatable bonds is 6. The molecule has 0 amide bonds. The van der Waals surface area contributed by atoms with Crippen LogP contribution in [0.15, 0.2) is 97.1 Å². The van der Waals surface area contributed by atoms with Crippen molar-refractivity contribution in [3.8, 4) is 0 Å². The largest absolute Gasteiger partial charge is 0.0622 e. The van der Waals surface area contributed by atoms with Gasteiger partial charge in [-0.25, -0.2) is 0 Å². The van der Waals surface area contributed by atoms with E-state index in [9.17, 15) is 0 Å². The molecule has 0 aliphatic carbocycles. The lowest BCUT2D eigenvalue weighted by atomic mass is 9.99. The maximum absolute atomic E-state index is 2.32. The minimum absolute atomic E-state index is 1.09. The van der Waals surface area contributed by atoms with Crippen molar-refractivity contribution in [2.24, 2.45) is 0 Å². The molecule has 0 nitrogen and oxygen atoms in total. The summed E-state index contributed by atoms with van der Waals surface area (Å²) >= 11 is 0. The summed E-state index contributed by atoms with van der Waals surface area (Å²) in [4.78, 5) is 0. The van der Waals surface area contributed by atoms with Gasteiger partial charge < -0.3 is 0 Å². The van der Waals surface area contributed by atoms with Gasteiger partial charge in [-0.3, -0.25) is 0 Å². The summed E-state index contributed by atoms with van der Waals surface area (Å²) in [5.41, 5.74) is 5.66. The molecule has 0 unspecified atom stereocenters. The second kappa shape index (κ2) is 8.01. The predicted octanol–water partition coefficient (Wildman–Crippen LogP) is 6.41. The molecule has 0 spiro atoms. The van der Waals surface area contributed by atoms with Crippen LogP contribution >= 0.6 is 0 Å². The third-order valence-corrected chi connectivity index (χ3v) is 5.08. The van der Waals surface area contributed by atoms with Crippen LogP contribution in [-0.2, 0) is 25.7 Å². The van der Waals surface area contributed by atoms with Crippen molar-refractivity contribution in [3.63, 3.8) is 0 Å². The molecule has 0 radical (unpaired) electrons. The molecule has 0 aromatic heterocycles. The van der Waals surface area contributed by atoms with Crippen LogP contribution in [0.5, 0.6) is 0 Å². The van der Waals surface area contributed by atoms with Gasteiger partial charge in [-0.15, -0.1) is 0 Å². The smallest absolute Gasteiger partial charge is 0.0181 e. The fraction of sp³-hybridized carbons (Fsp3) is 0.154. The molecule has 0 heterocycles. The molecule has 0 fully saturated rings. The van der Waals surface area contributed by atoms with Crippen molar-refractivity contribution >= 4 is 10.8 Å². The summed E-state index contributed by atoms with van der Waals surface area (Å²) in [7, 11) is 0. The minimum atomic E-state index is 1.09. The summed E-state index contributed by atoms with van der Waals surface area (Å²) in [5.74, 6) is 0. The van der Waals surface area contributed by atoms with Gasteiger partial charge in [-0.1, -0.05) is 97.1 Å². The number of hydrogen-bond acceptors (Lipinski definition) is 0. The molecule has 128 valence electrons. The molecular formula is C26H24. The maximum Gasteiger partial charge on any atom is -0.0181 e. The summed E-state index contributed by atoms with van der Waals surface area (Å²) in [6, 6.07) is 35.3. The number of fused-ring (bicyclic) bond motifs is 1. The van der Waals surface area contributed by atoms with E-state index in [1.54, 1.807) is 0 Å². The van der Waals surface area contributed by atoms with Gasteiger partial charge in [0.1, 0.15) is 0 Å². The Morgan fingerprint density at radius 3 is 1.46 bits per heavy atom. The average molecular weight is 336 g/mol. The Labute approximate surface area is 156 Å². The van der Waals surface area contributed by atoms with Crippen LogP contribution in [0.25, 0.3) is 10.8 Å². The third-order valence-electron chi connectivity index (χ3n) is 5.08. The highest BCUT2D eigenvalue weighted by molar-refractivity contribution is 5.82.